The third kappa shape index (κ3) is 8.00. The van der Waals surface area contributed by atoms with Crippen LogP contribution < -0.4 is 20.7 Å². The highest BCUT2D eigenvalue weighted by Gasteiger charge is 2.31. The maximum absolute atomic E-state index is 14.8. The van der Waals surface area contributed by atoms with E-state index in [0.717, 1.165) is 23.6 Å². The smallest absolute Gasteiger partial charge is 0.251 e. The molecule has 1 saturated heterocycles. The fourth-order valence-electron chi connectivity index (χ4n) is 5.20. The van der Waals surface area contributed by atoms with Crippen molar-refractivity contribution in [3.8, 4) is 5.75 Å². The first-order valence-electron chi connectivity index (χ1n) is 15.2. The molecule has 3 N–H and O–H groups in total. The van der Waals surface area contributed by atoms with Crippen molar-refractivity contribution in [2.45, 2.75) is 32.0 Å². The molecule has 0 aromatic heterocycles. The van der Waals surface area contributed by atoms with Gasteiger partial charge in [-0.15, -0.1) is 0 Å². The minimum atomic E-state index is -1.33. The zero-order chi connectivity index (χ0) is 32.5. The SMILES string of the molecule is CCCOCCOCCOc1ccc(F)c(F)c1C(=O)c1ccc(C(=O)N[C@@H]2CNC[C@H]2NC(=O)c2ccc3c(c2)CN=C3)cc1. The standard InChI is InChI=1S/C34H36F2N4O6/c1-2-11-44-12-13-45-14-15-46-29-10-9-26(35)31(36)30(29)32(41)21-3-5-22(6-4-21)33(42)39-27-19-38-20-28(27)40-34(43)23-7-8-24-17-37-18-25(24)16-23/h3-10,16-17,27-28,38H,2,11-15,18-20H2,1H3,(H,39,42)(H,40,43)/t27-,28-/m1/s1. The molecule has 5 rings (SSSR count). The van der Waals surface area contributed by atoms with Crippen LogP contribution in [0.1, 0.15) is 61.1 Å². The number of rotatable bonds is 15. The molecule has 2 aliphatic heterocycles. The van der Waals surface area contributed by atoms with Crippen molar-refractivity contribution in [3.63, 3.8) is 0 Å². The predicted molar refractivity (Wildman–Crippen MR) is 167 cm³/mol. The van der Waals surface area contributed by atoms with Gasteiger partial charge in [0, 0.05) is 42.6 Å². The topological polar surface area (TPSA) is 127 Å². The highest BCUT2D eigenvalue weighted by atomic mass is 19.2. The van der Waals surface area contributed by atoms with Crippen LogP contribution in [-0.4, -0.2) is 82.0 Å². The number of nitrogens with zero attached hydrogens (tertiary/aromatic N) is 1. The highest BCUT2D eigenvalue weighted by Crippen LogP contribution is 2.27. The molecule has 10 nitrogen and oxygen atoms in total. The van der Waals surface area contributed by atoms with Crippen LogP contribution in [0, 0.1) is 11.6 Å². The van der Waals surface area contributed by atoms with Gasteiger partial charge >= 0.3 is 0 Å². The summed E-state index contributed by atoms with van der Waals surface area (Å²) in [7, 11) is 0. The zero-order valence-electron chi connectivity index (χ0n) is 25.4. The lowest BCUT2D eigenvalue weighted by atomic mass is 10.00. The van der Waals surface area contributed by atoms with Crippen molar-refractivity contribution in [1.82, 2.24) is 16.0 Å². The molecule has 3 aromatic carbocycles. The number of amides is 2. The van der Waals surface area contributed by atoms with E-state index in [0.29, 0.717) is 45.0 Å². The molecule has 46 heavy (non-hydrogen) atoms. The average Bonchev–Trinajstić information content (AvgIpc) is 3.72. The van der Waals surface area contributed by atoms with E-state index in [1.54, 1.807) is 12.3 Å². The summed E-state index contributed by atoms with van der Waals surface area (Å²) in [6.07, 6.45) is 2.68. The number of carbonyl (C=O) groups is 3. The molecular weight excluding hydrogens is 598 g/mol. The van der Waals surface area contributed by atoms with Gasteiger partial charge in [-0.2, -0.15) is 0 Å². The Morgan fingerprint density at radius 1 is 0.826 bits per heavy atom. The second-order valence-electron chi connectivity index (χ2n) is 10.9. The molecule has 2 amide bonds. The van der Waals surface area contributed by atoms with Crippen molar-refractivity contribution in [2.24, 2.45) is 4.99 Å². The van der Waals surface area contributed by atoms with Crippen molar-refractivity contribution >= 4 is 23.8 Å². The average molecular weight is 635 g/mol. The second-order valence-corrected chi connectivity index (χ2v) is 10.9. The molecule has 2 heterocycles. The van der Waals surface area contributed by atoms with E-state index in [2.05, 4.69) is 20.9 Å². The van der Waals surface area contributed by atoms with Gasteiger partial charge in [-0.1, -0.05) is 25.1 Å². The van der Waals surface area contributed by atoms with Gasteiger partial charge in [0.2, 0.25) is 0 Å². The normalized spacial score (nSPS) is 16.7. The van der Waals surface area contributed by atoms with Gasteiger partial charge in [0.05, 0.1) is 38.4 Å². The number of hydrogen-bond donors (Lipinski definition) is 3. The van der Waals surface area contributed by atoms with Crippen LogP contribution in [0.4, 0.5) is 8.78 Å². The third-order valence-electron chi connectivity index (χ3n) is 7.64. The first-order valence-corrected chi connectivity index (χ1v) is 15.2. The molecule has 0 unspecified atom stereocenters. The molecule has 2 aliphatic rings. The van der Waals surface area contributed by atoms with Crippen LogP contribution in [-0.2, 0) is 16.0 Å². The molecule has 0 aliphatic carbocycles. The van der Waals surface area contributed by atoms with E-state index in [1.165, 1.54) is 30.3 Å². The second kappa shape index (κ2) is 15.7. The van der Waals surface area contributed by atoms with Crippen molar-refractivity contribution in [3.05, 3.63) is 99.6 Å². The number of ether oxygens (including phenoxy) is 3. The summed E-state index contributed by atoms with van der Waals surface area (Å²) in [5.41, 5.74) is 2.26. The Balaban J connectivity index is 1.17. The minimum absolute atomic E-state index is 0.0119. The minimum Gasteiger partial charge on any atom is -0.490 e. The third-order valence-corrected chi connectivity index (χ3v) is 7.64. The van der Waals surface area contributed by atoms with Crippen molar-refractivity contribution in [2.75, 3.05) is 46.1 Å². The molecule has 12 heteroatoms. The monoisotopic (exact) mass is 634 g/mol. The lowest BCUT2D eigenvalue weighted by Crippen LogP contribution is -2.51. The molecule has 3 aromatic rings. The van der Waals surface area contributed by atoms with E-state index in [-0.39, 0.29) is 48.1 Å². The summed E-state index contributed by atoms with van der Waals surface area (Å²) < 4.78 is 45.3. The Bertz CT molecular complexity index is 1600. The molecule has 1 fully saturated rings. The Morgan fingerprint density at radius 3 is 2.17 bits per heavy atom. The summed E-state index contributed by atoms with van der Waals surface area (Å²) in [6.45, 7) is 5.06. The molecule has 2 atom stereocenters. The fourth-order valence-corrected chi connectivity index (χ4v) is 5.20. The Hall–Kier alpha value is -4.52. The number of carbonyl (C=O) groups excluding carboxylic acids is 3. The van der Waals surface area contributed by atoms with E-state index < -0.39 is 28.9 Å². The number of nitrogens with one attached hydrogen (secondary N) is 3. The van der Waals surface area contributed by atoms with Crippen molar-refractivity contribution < 1.29 is 37.4 Å². The number of halogens is 2. The van der Waals surface area contributed by atoms with Crippen molar-refractivity contribution in [1.29, 1.82) is 0 Å². The maximum atomic E-state index is 14.8. The van der Waals surface area contributed by atoms with Crippen LogP contribution in [0.25, 0.3) is 0 Å². The number of hydrogen-bond acceptors (Lipinski definition) is 8. The van der Waals surface area contributed by atoms with Gasteiger partial charge in [0.25, 0.3) is 11.8 Å². The zero-order valence-corrected chi connectivity index (χ0v) is 25.4. The van der Waals surface area contributed by atoms with Gasteiger partial charge < -0.3 is 30.2 Å². The summed E-state index contributed by atoms with van der Waals surface area (Å²) in [5, 5.41) is 9.10. The predicted octanol–water partition coefficient (Wildman–Crippen LogP) is 3.45. The molecular formula is C34H36F2N4O6. The molecule has 0 bridgehead atoms. The number of benzene rings is 3. The largest absolute Gasteiger partial charge is 0.490 e. The van der Waals surface area contributed by atoms with Gasteiger partial charge in [-0.3, -0.25) is 19.4 Å². The van der Waals surface area contributed by atoms with E-state index in [9.17, 15) is 23.2 Å². The van der Waals surface area contributed by atoms with Crippen LogP contribution in [0.5, 0.6) is 5.75 Å². The van der Waals surface area contributed by atoms with Crippen LogP contribution in [0.15, 0.2) is 59.6 Å². The van der Waals surface area contributed by atoms with Gasteiger partial charge in [-0.25, -0.2) is 8.78 Å². The number of aliphatic imine (C=N–C) groups is 1. The number of ketones is 1. The van der Waals surface area contributed by atoms with E-state index >= 15 is 0 Å². The summed E-state index contributed by atoms with van der Waals surface area (Å²) in [5.74, 6) is -4.09. The van der Waals surface area contributed by atoms with E-state index in [1.807, 2.05) is 19.1 Å². The maximum Gasteiger partial charge on any atom is 0.251 e. The molecule has 0 radical (unpaired) electrons. The van der Waals surface area contributed by atoms with Gasteiger partial charge in [0.15, 0.2) is 17.4 Å². The van der Waals surface area contributed by atoms with Gasteiger partial charge in [0.1, 0.15) is 17.9 Å². The van der Waals surface area contributed by atoms with Gasteiger partial charge in [-0.05, 0) is 53.9 Å². The Morgan fingerprint density at radius 2 is 1.46 bits per heavy atom. The Kier molecular flexibility index (Phi) is 11.2. The highest BCUT2D eigenvalue weighted by molar-refractivity contribution is 6.11. The van der Waals surface area contributed by atoms with Crippen LogP contribution in [0.3, 0.4) is 0 Å². The lowest BCUT2D eigenvalue weighted by molar-refractivity contribution is 0.0364. The molecule has 0 spiro atoms. The lowest BCUT2D eigenvalue weighted by Gasteiger charge is -2.21. The fraction of sp³-hybridized carbons (Fsp3) is 0.353. The summed E-state index contributed by atoms with van der Waals surface area (Å²) in [4.78, 5) is 43.5. The van der Waals surface area contributed by atoms with Crippen LogP contribution >= 0.6 is 0 Å². The Labute approximate surface area is 265 Å². The summed E-state index contributed by atoms with van der Waals surface area (Å²) >= 11 is 0. The molecule has 242 valence electrons. The first kappa shape index (κ1) is 32.9. The summed E-state index contributed by atoms with van der Waals surface area (Å²) in [6, 6.07) is 12.4. The van der Waals surface area contributed by atoms with Crippen LogP contribution in [0.2, 0.25) is 0 Å². The quantitative estimate of drug-likeness (QED) is 0.173. The number of fused-ring (bicyclic) bond motifs is 1. The first-order chi connectivity index (χ1) is 22.4. The van der Waals surface area contributed by atoms with E-state index in [4.69, 9.17) is 14.2 Å². The molecule has 0 saturated carbocycles.